The average Bonchev–Trinajstić information content (AvgIpc) is 2.93. The lowest BCUT2D eigenvalue weighted by Gasteiger charge is -2.29. The topological polar surface area (TPSA) is 50.2 Å². The van der Waals surface area contributed by atoms with Gasteiger partial charge in [-0.15, -0.1) is 0 Å². The summed E-state index contributed by atoms with van der Waals surface area (Å²) in [6.07, 6.45) is 5.17. The van der Waals surface area contributed by atoms with Crippen LogP contribution in [0.15, 0.2) is 30.6 Å². The SMILES string of the molecule is CCN1C(=O)CCc2cc(N[C@H](C)c3nccn3C)ccc21. The third-order valence-corrected chi connectivity index (χ3v) is 4.22. The molecule has 1 amide bonds. The zero-order valence-corrected chi connectivity index (χ0v) is 13.3. The lowest BCUT2D eigenvalue weighted by Crippen LogP contribution is -2.34. The van der Waals surface area contributed by atoms with Gasteiger partial charge in [0.05, 0.1) is 6.04 Å². The Labute approximate surface area is 131 Å². The Morgan fingerprint density at radius 2 is 2.18 bits per heavy atom. The molecule has 2 aromatic rings. The van der Waals surface area contributed by atoms with E-state index in [4.69, 9.17) is 0 Å². The van der Waals surface area contributed by atoms with E-state index >= 15 is 0 Å². The zero-order chi connectivity index (χ0) is 15.7. The number of amides is 1. The molecule has 1 aliphatic heterocycles. The summed E-state index contributed by atoms with van der Waals surface area (Å²) >= 11 is 0. The molecule has 0 saturated carbocycles. The van der Waals surface area contributed by atoms with Crippen molar-refractivity contribution < 1.29 is 4.79 Å². The van der Waals surface area contributed by atoms with Gasteiger partial charge >= 0.3 is 0 Å². The van der Waals surface area contributed by atoms with Gasteiger partial charge in [-0.2, -0.15) is 0 Å². The Bertz CT molecular complexity index is 692. The highest BCUT2D eigenvalue weighted by molar-refractivity contribution is 5.96. The molecule has 1 aromatic carbocycles. The minimum Gasteiger partial charge on any atom is -0.375 e. The van der Waals surface area contributed by atoms with Crippen molar-refractivity contribution in [2.75, 3.05) is 16.8 Å². The second-order valence-corrected chi connectivity index (χ2v) is 5.74. The minimum absolute atomic E-state index is 0.130. The van der Waals surface area contributed by atoms with Crippen molar-refractivity contribution >= 4 is 17.3 Å². The lowest BCUT2D eigenvalue weighted by molar-refractivity contribution is -0.118. The highest BCUT2D eigenvalue weighted by Crippen LogP contribution is 2.31. The van der Waals surface area contributed by atoms with E-state index in [1.807, 2.05) is 48.0 Å². The molecule has 0 radical (unpaired) electrons. The molecule has 3 rings (SSSR count). The standard InChI is InChI=1S/C17H22N4O/c1-4-21-15-7-6-14(11-13(15)5-8-16(21)22)19-12(2)17-18-9-10-20(17)3/h6-7,9-12,19H,4-5,8H2,1-3H3/t12-/m1/s1. The molecule has 1 aromatic heterocycles. The first kappa shape index (κ1) is 14.6. The summed E-state index contributed by atoms with van der Waals surface area (Å²) in [6, 6.07) is 6.37. The third kappa shape index (κ3) is 2.58. The summed E-state index contributed by atoms with van der Waals surface area (Å²) in [5.74, 6) is 1.22. The van der Waals surface area contributed by atoms with Crippen LogP contribution >= 0.6 is 0 Å². The van der Waals surface area contributed by atoms with Crippen LogP contribution in [0.4, 0.5) is 11.4 Å². The molecule has 116 valence electrons. The van der Waals surface area contributed by atoms with E-state index in [0.29, 0.717) is 6.42 Å². The number of hydrogen-bond donors (Lipinski definition) is 1. The summed E-state index contributed by atoms with van der Waals surface area (Å²) < 4.78 is 2.02. The molecule has 0 aliphatic carbocycles. The summed E-state index contributed by atoms with van der Waals surface area (Å²) in [5, 5.41) is 3.49. The van der Waals surface area contributed by atoms with Crippen molar-refractivity contribution in [2.45, 2.75) is 32.7 Å². The summed E-state index contributed by atoms with van der Waals surface area (Å²) in [6.45, 7) is 4.84. The summed E-state index contributed by atoms with van der Waals surface area (Å²) in [7, 11) is 2.00. The van der Waals surface area contributed by atoms with Gasteiger partial charge in [-0.3, -0.25) is 4.79 Å². The van der Waals surface area contributed by atoms with Crippen LogP contribution in [0.3, 0.4) is 0 Å². The third-order valence-electron chi connectivity index (χ3n) is 4.22. The number of aryl methyl sites for hydroxylation is 2. The number of carbonyl (C=O) groups is 1. The van der Waals surface area contributed by atoms with Gasteiger partial charge in [-0.1, -0.05) is 0 Å². The Morgan fingerprint density at radius 1 is 1.36 bits per heavy atom. The van der Waals surface area contributed by atoms with Crippen LogP contribution in [0.1, 0.15) is 37.7 Å². The number of rotatable bonds is 4. The Balaban J connectivity index is 1.82. The summed E-state index contributed by atoms with van der Waals surface area (Å²) in [5.41, 5.74) is 3.35. The van der Waals surface area contributed by atoms with Crippen LogP contribution in [0.25, 0.3) is 0 Å². The predicted molar refractivity (Wildman–Crippen MR) is 88.0 cm³/mol. The van der Waals surface area contributed by atoms with Crippen molar-refractivity contribution in [3.05, 3.63) is 42.0 Å². The van der Waals surface area contributed by atoms with Crippen molar-refractivity contribution in [3.63, 3.8) is 0 Å². The average molecular weight is 298 g/mol. The molecule has 0 fully saturated rings. The number of carbonyl (C=O) groups excluding carboxylic acids is 1. The van der Waals surface area contributed by atoms with Gasteiger partial charge in [0.1, 0.15) is 5.82 Å². The quantitative estimate of drug-likeness (QED) is 0.944. The van der Waals surface area contributed by atoms with E-state index in [1.54, 1.807) is 0 Å². The van der Waals surface area contributed by atoms with Crippen LogP contribution in [0, 0.1) is 0 Å². The number of aromatic nitrogens is 2. The molecular weight excluding hydrogens is 276 g/mol. The Hall–Kier alpha value is -2.30. The van der Waals surface area contributed by atoms with Crippen molar-refractivity contribution in [1.82, 2.24) is 9.55 Å². The van der Waals surface area contributed by atoms with Gasteiger partial charge in [0.2, 0.25) is 5.91 Å². The van der Waals surface area contributed by atoms with Gasteiger partial charge in [-0.05, 0) is 44.0 Å². The maximum absolute atomic E-state index is 11.9. The molecule has 22 heavy (non-hydrogen) atoms. The molecule has 5 nitrogen and oxygen atoms in total. The second-order valence-electron chi connectivity index (χ2n) is 5.74. The van der Waals surface area contributed by atoms with Crippen LogP contribution in [-0.4, -0.2) is 22.0 Å². The van der Waals surface area contributed by atoms with Crippen molar-refractivity contribution in [3.8, 4) is 0 Å². The molecular formula is C17H22N4O. The minimum atomic E-state index is 0.130. The van der Waals surface area contributed by atoms with Crippen LogP contribution in [0.5, 0.6) is 0 Å². The Morgan fingerprint density at radius 3 is 2.86 bits per heavy atom. The molecule has 0 spiro atoms. The lowest BCUT2D eigenvalue weighted by atomic mass is 10.0. The molecule has 5 heteroatoms. The first-order valence-corrected chi connectivity index (χ1v) is 7.77. The molecule has 1 aliphatic rings. The number of fused-ring (bicyclic) bond motifs is 1. The first-order chi connectivity index (χ1) is 10.6. The monoisotopic (exact) mass is 298 g/mol. The molecule has 2 heterocycles. The van der Waals surface area contributed by atoms with E-state index in [2.05, 4.69) is 23.3 Å². The molecule has 0 saturated heterocycles. The van der Waals surface area contributed by atoms with E-state index < -0.39 is 0 Å². The van der Waals surface area contributed by atoms with E-state index in [-0.39, 0.29) is 11.9 Å². The highest BCUT2D eigenvalue weighted by Gasteiger charge is 2.23. The highest BCUT2D eigenvalue weighted by atomic mass is 16.2. The van der Waals surface area contributed by atoms with Crippen LogP contribution in [0.2, 0.25) is 0 Å². The van der Waals surface area contributed by atoms with Gasteiger partial charge in [0.25, 0.3) is 0 Å². The number of benzene rings is 1. The fourth-order valence-corrected chi connectivity index (χ4v) is 3.11. The smallest absolute Gasteiger partial charge is 0.227 e. The Kier molecular flexibility index (Phi) is 3.88. The molecule has 1 N–H and O–H groups in total. The zero-order valence-electron chi connectivity index (χ0n) is 13.3. The van der Waals surface area contributed by atoms with E-state index in [1.165, 1.54) is 5.56 Å². The van der Waals surface area contributed by atoms with Gasteiger partial charge in [0.15, 0.2) is 0 Å². The number of hydrogen-bond acceptors (Lipinski definition) is 3. The first-order valence-electron chi connectivity index (χ1n) is 7.77. The predicted octanol–water partition coefficient (Wildman–Crippen LogP) is 2.89. The fraction of sp³-hybridized carbons (Fsp3) is 0.412. The number of anilines is 2. The number of nitrogens with one attached hydrogen (secondary N) is 1. The van der Waals surface area contributed by atoms with E-state index in [9.17, 15) is 4.79 Å². The second kappa shape index (κ2) is 5.83. The normalized spacial score (nSPS) is 15.6. The number of nitrogens with zero attached hydrogens (tertiary/aromatic N) is 3. The van der Waals surface area contributed by atoms with Crippen molar-refractivity contribution in [2.24, 2.45) is 7.05 Å². The fourth-order valence-electron chi connectivity index (χ4n) is 3.11. The van der Waals surface area contributed by atoms with Crippen LogP contribution < -0.4 is 10.2 Å². The van der Waals surface area contributed by atoms with Gasteiger partial charge in [0, 0.05) is 43.8 Å². The molecule has 0 bridgehead atoms. The maximum atomic E-state index is 11.9. The summed E-state index contributed by atoms with van der Waals surface area (Å²) in [4.78, 5) is 18.2. The van der Waals surface area contributed by atoms with Gasteiger partial charge in [-0.25, -0.2) is 4.98 Å². The van der Waals surface area contributed by atoms with Crippen molar-refractivity contribution in [1.29, 1.82) is 0 Å². The number of imidazole rings is 1. The molecule has 1 atom stereocenters. The van der Waals surface area contributed by atoms with Gasteiger partial charge < -0.3 is 14.8 Å². The van der Waals surface area contributed by atoms with Crippen LogP contribution in [-0.2, 0) is 18.3 Å². The van der Waals surface area contributed by atoms with E-state index in [0.717, 1.165) is 30.2 Å². The molecule has 0 unspecified atom stereocenters. The largest absolute Gasteiger partial charge is 0.375 e. The maximum Gasteiger partial charge on any atom is 0.227 e.